The molecule has 0 bridgehead atoms. The maximum Gasteiger partial charge on any atom is 0.305 e. The fourth-order valence-corrected chi connectivity index (χ4v) is 7.15. The van der Waals surface area contributed by atoms with Crippen LogP contribution in [0.4, 0.5) is 4.39 Å². The first-order valence-electron chi connectivity index (χ1n) is 21.9. The summed E-state index contributed by atoms with van der Waals surface area (Å²) in [6, 6.07) is 2.70. The lowest BCUT2D eigenvalue weighted by atomic mass is 9.94. The number of amides is 7. The maximum absolute atomic E-state index is 14.0. The van der Waals surface area contributed by atoms with Crippen molar-refractivity contribution in [3.8, 4) is 0 Å². The summed E-state index contributed by atoms with van der Waals surface area (Å²) in [5.41, 5.74) is 11.9. The molecule has 9 atom stereocenters. The van der Waals surface area contributed by atoms with Crippen LogP contribution in [-0.2, 0) is 62.5 Å². The van der Waals surface area contributed by atoms with Crippen molar-refractivity contribution in [3.05, 3.63) is 47.8 Å². The average molecular weight is 962 g/mol. The molecule has 0 radical (unpaired) electrons. The molecule has 2 unspecified atom stereocenters. The first-order chi connectivity index (χ1) is 32.4. The lowest BCUT2D eigenvalue weighted by Gasteiger charge is -2.40. The third-order valence-electron chi connectivity index (χ3n) is 10.7. The summed E-state index contributed by atoms with van der Waals surface area (Å²) in [7, 11) is 0. The number of rotatable bonds is 21. The molecule has 1 aromatic heterocycles. The maximum atomic E-state index is 14.0. The number of unbranched alkanes of at least 4 members (excludes halogenated alkanes) is 1. The van der Waals surface area contributed by atoms with E-state index >= 15 is 0 Å². The summed E-state index contributed by atoms with van der Waals surface area (Å²) in [5.74, 6) is -7.62. The number of ether oxygens (including phenoxy) is 1. The van der Waals surface area contributed by atoms with E-state index in [4.69, 9.17) is 16.2 Å². The van der Waals surface area contributed by atoms with E-state index in [9.17, 15) is 63.2 Å². The molecule has 3 heterocycles. The van der Waals surface area contributed by atoms with Crippen LogP contribution in [0.5, 0.6) is 0 Å². The van der Waals surface area contributed by atoms with E-state index < -0.39 is 122 Å². The second kappa shape index (κ2) is 27.1. The van der Waals surface area contributed by atoms with Gasteiger partial charge < -0.3 is 73.8 Å². The van der Waals surface area contributed by atoms with Gasteiger partial charge in [-0.3, -0.25) is 47.7 Å². The highest BCUT2D eigenvalue weighted by Gasteiger charge is 2.46. The molecule has 4 rings (SSSR count). The fourth-order valence-electron chi connectivity index (χ4n) is 7.15. The minimum atomic E-state index is -1.87. The number of hydrogen-bond acceptors (Lipinski definition) is 15. The van der Waals surface area contributed by atoms with E-state index in [-0.39, 0.29) is 77.1 Å². The second-order valence-corrected chi connectivity index (χ2v) is 16.1. The minimum absolute atomic E-state index is 0.0394. The quantitative estimate of drug-likeness (QED) is 0.0315. The zero-order valence-electron chi connectivity index (χ0n) is 37.1. The Balaban J connectivity index is 1.45. The van der Waals surface area contributed by atoms with Crippen molar-refractivity contribution >= 4 is 53.3 Å². The molecule has 2 aromatic rings. The molecule has 2 aliphatic heterocycles. The molecule has 15 N–H and O–H groups in total. The number of aliphatic carboxylic acids is 1. The van der Waals surface area contributed by atoms with Crippen LogP contribution in [0.3, 0.4) is 0 Å². The van der Waals surface area contributed by atoms with Crippen LogP contribution in [0.25, 0.3) is 0 Å². The number of hydrogen-bond donors (Lipinski definition) is 13. The first-order valence-corrected chi connectivity index (χ1v) is 21.9. The van der Waals surface area contributed by atoms with Crippen molar-refractivity contribution in [2.24, 2.45) is 16.5 Å². The Bertz CT molecular complexity index is 2080. The first kappa shape index (κ1) is 53.8. The summed E-state index contributed by atoms with van der Waals surface area (Å²) in [6.45, 7) is -1.94. The van der Waals surface area contributed by atoms with E-state index in [1.165, 1.54) is 10.9 Å². The van der Waals surface area contributed by atoms with Crippen LogP contribution in [0.1, 0.15) is 56.2 Å². The van der Waals surface area contributed by atoms with Crippen LogP contribution in [0.2, 0.25) is 0 Å². The number of aliphatic hydroxyl groups is 3. The largest absolute Gasteiger partial charge is 0.481 e. The van der Waals surface area contributed by atoms with Crippen LogP contribution in [-0.4, -0.2) is 176 Å². The Morgan fingerprint density at radius 3 is 2.18 bits per heavy atom. The highest BCUT2D eigenvalue weighted by Crippen LogP contribution is 2.21. The van der Waals surface area contributed by atoms with E-state index in [2.05, 4.69) is 52.5 Å². The summed E-state index contributed by atoms with van der Waals surface area (Å²) in [5, 5.41) is 66.4. The van der Waals surface area contributed by atoms with Gasteiger partial charge >= 0.3 is 5.97 Å². The van der Waals surface area contributed by atoms with Gasteiger partial charge in [0.05, 0.1) is 25.3 Å². The number of aliphatic hydroxyl groups excluding tert-OH is 3. The number of carbonyl (C=O) groups excluding carboxylic acids is 7. The predicted octanol–water partition coefficient (Wildman–Crippen LogP) is -5.73. The van der Waals surface area contributed by atoms with E-state index in [1.807, 2.05) is 0 Å². The zero-order valence-corrected chi connectivity index (χ0v) is 37.1. The van der Waals surface area contributed by atoms with Crippen molar-refractivity contribution in [1.29, 1.82) is 0 Å². The Kier molecular flexibility index (Phi) is 21.4. The highest BCUT2D eigenvalue weighted by molar-refractivity contribution is 5.98. The monoisotopic (exact) mass is 961 g/mol. The van der Waals surface area contributed by atoms with Gasteiger partial charge in [-0.1, -0.05) is 35.5 Å². The second-order valence-electron chi connectivity index (χ2n) is 16.1. The van der Waals surface area contributed by atoms with Crippen molar-refractivity contribution in [1.82, 2.24) is 52.2 Å². The Labute approximate surface area is 388 Å². The van der Waals surface area contributed by atoms with Gasteiger partial charge in [-0.05, 0) is 50.5 Å². The smallest absolute Gasteiger partial charge is 0.305 e. The third kappa shape index (κ3) is 17.4. The van der Waals surface area contributed by atoms with Gasteiger partial charge in [0.1, 0.15) is 55.1 Å². The Hall–Kier alpha value is -6.84. The molecule has 27 heteroatoms. The fraction of sp³-hybridized carbons (Fsp3) is 0.585. The van der Waals surface area contributed by atoms with Gasteiger partial charge in [-0.2, -0.15) is 0 Å². The SMILES string of the molecule is NC(N)=NCCC[C@@H]1NC(=O)[C@H](CCCCNC(=O)C2O[C@H](CNC(=O)Cn3cc(CCCF)nn3)[C@H](O)C(O)[C@@H]2O)NC(=O)[C@@H](Cc2ccccc2)NC(=O)[C@H](CC(=O)O)NC(=O)CNC1=O. The van der Waals surface area contributed by atoms with Gasteiger partial charge in [-0.15, -0.1) is 5.10 Å². The number of carboxylic acids is 1. The average Bonchev–Trinajstić information content (AvgIpc) is 3.75. The number of guanidine groups is 1. The Morgan fingerprint density at radius 1 is 0.824 bits per heavy atom. The number of carbonyl (C=O) groups is 8. The number of aliphatic imine (C=N–C) groups is 1. The van der Waals surface area contributed by atoms with E-state index in [0.717, 1.165) is 0 Å². The molecule has 68 heavy (non-hydrogen) atoms. The third-order valence-corrected chi connectivity index (χ3v) is 10.7. The number of alkyl halides is 1. The lowest BCUT2D eigenvalue weighted by Crippen LogP contribution is -2.63. The molecule has 0 saturated carbocycles. The molecule has 1 aromatic carbocycles. The summed E-state index contributed by atoms with van der Waals surface area (Å²) >= 11 is 0. The number of nitrogens with zero attached hydrogens (tertiary/aromatic N) is 4. The van der Waals surface area contributed by atoms with E-state index in [1.54, 1.807) is 30.3 Å². The molecular formula is C41H60FN13O13. The molecule has 2 fully saturated rings. The summed E-state index contributed by atoms with van der Waals surface area (Å²) < 4.78 is 19.3. The number of aromatic nitrogens is 3. The Morgan fingerprint density at radius 2 is 1.49 bits per heavy atom. The van der Waals surface area contributed by atoms with Crippen molar-refractivity contribution in [2.45, 2.75) is 119 Å². The topological polar surface area (TPSA) is 406 Å². The zero-order chi connectivity index (χ0) is 49.8. The van der Waals surface area contributed by atoms with Gasteiger partial charge in [0.25, 0.3) is 5.91 Å². The van der Waals surface area contributed by atoms with Crippen LogP contribution < -0.4 is 48.7 Å². The molecule has 2 aliphatic rings. The van der Waals surface area contributed by atoms with Gasteiger partial charge in [-0.25, -0.2) is 4.68 Å². The van der Waals surface area contributed by atoms with Crippen LogP contribution in [0, 0.1) is 0 Å². The molecule has 26 nitrogen and oxygen atoms in total. The number of nitrogens with one attached hydrogen (secondary N) is 7. The predicted molar refractivity (Wildman–Crippen MR) is 234 cm³/mol. The normalized spacial score (nSPS) is 24.9. The van der Waals surface area contributed by atoms with Crippen LogP contribution in [0.15, 0.2) is 41.5 Å². The summed E-state index contributed by atoms with van der Waals surface area (Å²) in [4.78, 5) is 109. The number of halogens is 1. The van der Waals surface area contributed by atoms with Gasteiger partial charge in [0, 0.05) is 32.3 Å². The number of nitrogens with two attached hydrogens (primary N) is 2. The standard InChI is InChI=1S/C41H60FN13O13/c42-13-6-10-23-20-55(54-53-23)21-30(57)47-18-28-32(60)33(61)34(62)35(68-28)40(67)45-14-5-4-11-25-37(64)50-24(12-7-15-46-41(43)44)36(63)48-19-29(56)49-27(17-31(58)59)39(66)52-26(38(65)51-25)16-22-8-2-1-3-9-22/h1-3,8-9,20,24-28,32-35,60-62H,4-7,10-19,21H2,(H,45,67)(H,47,57)(H,48,63)(H,49,56)(H,50,64)(H,51,65)(H,52,66)(H,58,59)(H4,43,44,46)/t24-,25-,26+,27-,28+,32-,33?,34-,35?/m0/s1. The number of carboxylic acid groups (broad SMARTS) is 1. The number of aryl methyl sites for hydroxylation is 1. The van der Waals surface area contributed by atoms with E-state index in [0.29, 0.717) is 17.7 Å². The highest BCUT2D eigenvalue weighted by atomic mass is 19.1. The van der Waals surface area contributed by atoms with Crippen molar-refractivity contribution in [3.63, 3.8) is 0 Å². The molecule has 374 valence electrons. The summed E-state index contributed by atoms with van der Waals surface area (Å²) in [6.07, 6.45) is -7.09. The van der Waals surface area contributed by atoms with Gasteiger partial charge in [0.15, 0.2) is 12.1 Å². The van der Waals surface area contributed by atoms with Crippen molar-refractivity contribution < 1.29 is 67.9 Å². The lowest BCUT2D eigenvalue weighted by molar-refractivity contribution is -0.219. The molecule has 0 aliphatic carbocycles. The minimum Gasteiger partial charge on any atom is -0.481 e. The van der Waals surface area contributed by atoms with Crippen molar-refractivity contribution in [2.75, 3.05) is 32.9 Å². The van der Waals surface area contributed by atoms with Gasteiger partial charge in [0.2, 0.25) is 35.4 Å². The number of benzene rings is 1. The molecule has 2 saturated heterocycles. The molecule has 0 spiro atoms. The van der Waals surface area contributed by atoms with Crippen LogP contribution >= 0.6 is 0 Å². The molecule has 7 amide bonds. The molecular weight excluding hydrogens is 902 g/mol.